The molecule has 0 fully saturated rings. The van der Waals surface area contributed by atoms with Crippen molar-refractivity contribution >= 4 is 21.2 Å². The number of alkyl halides is 6. The SMILES string of the molecule is CCCCS(=O)(=O)c1cc(-c2csc(-c3cc(C(F)(F)F)c(C#N)c(=O)n3Cc3ccc(F)cc3F)c2)cc(C(F)(F)F)c1. The van der Waals surface area contributed by atoms with E-state index in [4.69, 9.17) is 0 Å². The van der Waals surface area contributed by atoms with Crippen LogP contribution >= 0.6 is 11.3 Å². The molecule has 0 saturated carbocycles. The van der Waals surface area contributed by atoms with E-state index in [1.54, 1.807) is 6.92 Å². The van der Waals surface area contributed by atoms with Crippen LogP contribution in [0.5, 0.6) is 0 Å². The molecule has 0 radical (unpaired) electrons. The van der Waals surface area contributed by atoms with Crippen LogP contribution in [0.2, 0.25) is 0 Å². The summed E-state index contributed by atoms with van der Waals surface area (Å²) in [6.45, 7) is 0.987. The second-order valence-corrected chi connectivity index (χ2v) is 12.7. The van der Waals surface area contributed by atoms with E-state index in [1.807, 2.05) is 0 Å². The number of benzene rings is 2. The molecule has 0 aliphatic carbocycles. The van der Waals surface area contributed by atoms with Crippen molar-refractivity contribution in [2.24, 2.45) is 0 Å². The van der Waals surface area contributed by atoms with Gasteiger partial charge in [0, 0.05) is 11.6 Å². The normalized spacial score (nSPS) is 12.4. The summed E-state index contributed by atoms with van der Waals surface area (Å²) >= 11 is 0.717. The summed E-state index contributed by atoms with van der Waals surface area (Å²) in [4.78, 5) is 12.5. The van der Waals surface area contributed by atoms with Crippen molar-refractivity contribution in [3.8, 4) is 27.8 Å². The molecule has 0 aliphatic rings. The van der Waals surface area contributed by atoms with Crippen LogP contribution in [-0.4, -0.2) is 18.7 Å². The summed E-state index contributed by atoms with van der Waals surface area (Å²) in [6, 6.07) is 7.40. The highest BCUT2D eigenvalue weighted by atomic mass is 32.2. The third-order valence-corrected chi connectivity index (χ3v) is 9.34. The van der Waals surface area contributed by atoms with Crippen LogP contribution in [0.4, 0.5) is 35.1 Å². The average molecular weight is 661 g/mol. The van der Waals surface area contributed by atoms with Gasteiger partial charge < -0.3 is 4.57 Å². The number of thiophene rings is 1. The zero-order chi connectivity index (χ0) is 32.6. The number of halogens is 8. The lowest BCUT2D eigenvalue weighted by molar-refractivity contribution is -0.138. The highest BCUT2D eigenvalue weighted by molar-refractivity contribution is 7.91. The predicted octanol–water partition coefficient (Wildman–Crippen LogP) is 8.05. The predicted molar refractivity (Wildman–Crippen MR) is 147 cm³/mol. The molecule has 2 heterocycles. The first-order valence-corrected chi connectivity index (χ1v) is 15.2. The van der Waals surface area contributed by atoms with Crippen molar-refractivity contribution in [2.45, 2.75) is 43.6 Å². The molecule has 5 nitrogen and oxygen atoms in total. The maximum atomic E-state index is 14.5. The zero-order valence-corrected chi connectivity index (χ0v) is 24.1. The monoisotopic (exact) mass is 660 g/mol. The van der Waals surface area contributed by atoms with Gasteiger partial charge in [-0.15, -0.1) is 11.3 Å². The number of sulfone groups is 1. The fraction of sp³-hybridized carbons (Fsp3) is 0.241. The van der Waals surface area contributed by atoms with Gasteiger partial charge in [0.05, 0.1) is 38.9 Å². The Hall–Kier alpha value is -4.03. The number of nitrogens with zero attached hydrogens (tertiary/aromatic N) is 2. The Labute approximate surface area is 249 Å². The van der Waals surface area contributed by atoms with Crippen LogP contribution in [0.25, 0.3) is 21.7 Å². The molecule has 44 heavy (non-hydrogen) atoms. The molecule has 0 saturated heterocycles. The molecule has 232 valence electrons. The number of hydrogen-bond donors (Lipinski definition) is 0. The highest BCUT2D eigenvalue weighted by Gasteiger charge is 2.37. The van der Waals surface area contributed by atoms with Crippen LogP contribution in [0.3, 0.4) is 0 Å². The quantitative estimate of drug-likeness (QED) is 0.179. The lowest BCUT2D eigenvalue weighted by atomic mass is 10.0. The summed E-state index contributed by atoms with van der Waals surface area (Å²) in [7, 11) is -4.12. The fourth-order valence-electron chi connectivity index (χ4n) is 4.34. The van der Waals surface area contributed by atoms with Gasteiger partial charge in [0.25, 0.3) is 5.56 Å². The van der Waals surface area contributed by atoms with E-state index in [0.29, 0.717) is 46.6 Å². The molecule has 0 N–H and O–H groups in total. The summed E-state index contributed by atoms with van der Waals surface area (Å²) in [5, 5.41) is 10.6. The van der Waals surface area contributed by atoms with Gasteiger partial charge in [-0.1, -0.05) is 19.4 Å². The van der Waals surface area contributed by atoms with Gasteiger partial charge in [-0.05, 0) is 59.3 Å². The van der Waals surface area contributed by atoms with Gasteiger partial charge in [-0.2, -0.15) is 31.6 Å². The molecular formula is C29H20F8N2O3S2. The minimum absolute atomic E-state index is 0.00655. The third-order valence-electron chi connectivity index (χ3n) is 6.61. The van der Waals surface area contributed by atoms with Gasteiger partial charge in [0.1, 0.15) is 23.3 Å². The molecule has 15 heteroatoms. The van der Waals surface area contributed by atoms with E-state index in [0.717, 1.165) is 24.3 Å². The minimum atomic E-state index is -5.16. The van der Waals surface area contributed by atoms with Crippen molar-refractivity contribution in [3.63, 3.8) is 0 Å². The maximum absolute atomic E-state index is 14.5. The summed E-state index contributed by atoms with van der Waals surface area (Å²) in [5.74, 6) is -2.48. The Balaban J connectivity index is 1.94. The van der Waals surface area contributed by atoms with Crippen LogP contribution in [0.1, 0.15) is 42.0 Å². The third kappa shape index (κ3) is 6.86. The summed E-state index contributed by atoms with van der Waals surface area (Å²) in [5.41, 5.74) is -6.53. The summed E-state index contributed by atoms with van der Waals surface area (Å²) < 4.78 is 137. The van der Waals surface area contributed by atoms with E-state index in [1.165, 1.54) is 11.4 Å². The average Bonchev–Trinajstić information content (AvgIpc) is 3.43. The molecule has 2 aromatic heterocycles. The smallest absolute Gasteiger partial charge is 0.302 e. The molecule has 2 aromatic carbocycles. The molecule has 4 aromatic rings. The Kier molecular flexibility index (Phi) is 9.09. The zero-order valence-electron chi connectivity index (χ0n) is 22.5. The first-order valence-electron chi connectivity index (χ1n) is 12.7. The Morgan fingerprint density at radius 3 is 2.23 bits per heavy atom. The van der Waals surface area contributed by atoms with Gasteiger partial charge in [0.2, 0.25) is 0 Å². The van der Waals surface area contributed by atoms with Crippen molar-refractivity contribution < 1.29 is 43.5 Å². The van der Waals surface area contributed by atoms with Crippen molar-refractivity contribution in [2.75, 3.05) is 5.75 Å². The molecule has 4 rings (SSSR count). The Morgan fingerprint density at radius 1 is 0.932 bits per heavy atom. The van der Waals surface area contributed by atoms with Gasteiger partial charge in [-0.3, -0.25) is 4.79 Å². The number of pyridine rings is 1. The van der Waals surface area contributed by atoms with Gasteiger partial charge >= 0.3 is 12.4 Å². The second kappa shape index (κ2) is 12.2. The van der Waals surface area contributed by atoms with Crippen LogP contribution in [-0.2, 0) is 28.7 Å². The van der Waals surface area contributed by atoms with Crippen molar-refractivity contribution in [1.82, 2.24) is 4.57 Å². The maximum Gasteiger partial charge on any atom is 0.417 e. The van der Waals surface area contributed by atoms with Gasteiger partial charge in [-0.25, -0.2) is 17.2 Å². The first kappa shape index (κ1) is 32.9. The van der Waals surface area contributed by atoms with E-state index in [2.05, 4.69) is 0 Å². The standard InChI is InChI=1S/C29H20F8N2O3S2/c1-2-3-6-44(41,42)21-8-17(7-19(10-21)28(32,33)34)18-9-26(43-15-18)25-12-23(29(35,36)37)22(13-38)27(40)39(25)14-16-4-5-20(30)11-24(16)31/h4-5,7-12,15H,2-3,6,14H2,1H3. The number of unbranched alkanes of at least 4 members (excludes halogenated alkanes) is 1. The van der Waals surface area contributed by atoms with Crippen LogP contribution in [0.15, 0.2) is 63.6 Å². The minimum Gasteiger partial charge on any atom is -0.302 e. The van der Waals surface area contributed by atoms with Gasteiger partial charge in [0.15, 0.2) is 9.84 Å². The van der Waals surface area contributed by atoms with Crippen LogP contribution < -0.4 is 5.56 Å². The number of rotatable bonds is 8. The molecule has 0 amide bonds. The molecule has 0 spiro atoms. The van der Waals surface area contributed by atoms with Crippen molar-refractivity contribution in [3.05, 3.63) is 98.2 Å². The molecular weight excluding hydrogens is 640 g/mol. The molecule has 0 atom stereocenters. The highest BCUT2D eigenvalue weighted by Crippen LogP contribution is 2.40. The molecule has 0 bridgehead atoms. The van der Waals surface area contributed by atoms with Crippen molar-refractivity contribution in [1.29, 1.82) is 5.26 Å². The van der Waals surface area contributed by atoms with E-state index in [9.17, 15) is 53.6 Å². The van der Waals surface area contributed by atoms with E-state index in [-0.39, 0.29) is 28.0 Å². The number of hydrogen-bond acceptors (Lipinski definition) is 5. The lowest BCUT2D eigenvalue weighted by Gasteiger charge is -2.17. The molecule has 0 unspecified atom stereocenters. The Morgan fingerprint density at radius 2 is 1.64 bits per heavy atom. The summed E-state index contributed by atoms with van der Waals surface area (Å²) in [6.07, 6.45) is -9.43. The Bertz CT molecular complexity index is 1940. The lowest BCUT2D eigenvalue weighted by Crippen LogP contribution is -2.28. The second-order valence-electron chi connectivity index (χ2n) is 9.67. The van der Waals surface area contributed by atoms with Crippen LogP contribution in [0, 0.1) is 23.0 Å². The van der Waals surface area contributed by atoms with E-state index >= 15 is 0 Å². The largest absolute Gasteiger partial charge is 0.417 e. The fourth-order valence-corrected chi connectivity index (χ4v) is 6.80. The molecule has 0 aliphatic heterocycles. The topological polar surface area (TPSA) is 79.9 Å². The van der Waals surface area contributed by atoms with E-state index < -0.39 is 79.0 Å². The first-order chi connectivity index (χ1) is 20.5. The number of nitriles is 1. The number of aromatic nitrogens is 1.